The summed E-state index contributed by atoms with van der Waals surface area (Å²) < 4.78 is 37.0. The van der Waals surface area contributed by atoms with Gasteiger partial charge in [0.25, 0.3) is 5.91 Å². The minimum atomic E-state index is -3.16. The highest BCUT2D eigenvalue weighted by Gasteiger charge is 2.15. The van der Waals surface area contributed by atoms with Gasteiger partial charge in [0.05, 0.1) is 5.69 Å². The lowest BCUT2D eigenvalue weighted by atomic mass is 10.2. The van der Waals surface area contributed by atoms with Gasteiger partial charge in [-0.05, 0) is 18.2 Å². The predicted molar refractivity (Wildman–Crippen MR) is 55.3 cm³/mol. The number of nitrogens with one attached hydrogen (secondary N) is 2. The molecule has 0 saturated carbocycles. The maximum absolute atomic E-state index is 13.2. The van der Waals surface area contributed by atoms with E-state index in [4.69, 9.17) is 0 Å². The van der Waals surface area contributed by atoms with Gasteiger partial charge in [0.2, 0.25) is 5.91 Å². The fourth-order valence-electron chi connectivity index (χ4n) is 1.09. The van der Waals surface area contributed by atoms with Crippen molar-refractivity contribution < 1.29 is 22.8 Å². The van der Waals surface area contributed by atoms with Crippen LogP contribution in [0.15, 0.2) is 18.2 Å². The zero-order valence-electron chi connectivity index (χ0n) is 8.76. The molecule has 92 valence electrons. The Labute approximate surface area is 94.8 Å². The van der Waals surface area contributed by atoms with Crippen molar-refractivity contribution in [3.8, 4) is 0 Å². The van der Waals surface area contributed by atoms with Crippen molar-refractivity contribution in [1.82, 2.24) is 0 Å². The van der Waals surface area contributed by atoms with Gasteiger partial charge in [0.15, 0.2) is 0 Å². The second kappa shape index (κ2) is 5.33. The van der Waals surface area contributed by atoms with Crippen LogP contribution < -0.4 is 10.6 Å². The fourth-order valence-corrected chi connectivity index (χ4v) is 1.09. The molecule has 0 radical (unpaired) electrons. The first-order chi connectivity index (χ1) is 7.90. The number of carbonyl (C=O) groups is 2. The average Bonchev–Trinajstić information content (AvgIpc) is 2.22. The van der Waals surface area contributed by atoms with Crippen molar-refractivity contribution in [1.29, 1.82) is 0 Å². The lowest BCUT2D eigenvalue weighted by Crippen LogP contribution is -2.20. The standard InChI is InChI=1S/C10H9F3N2O2/c1-5(16)14-8-4-6(2-3-7(8)11)15-10(17)9(12)13/h2-4,9H,1H3,(H,14,16)(H,15,17). The van der Waals surface area contributed by atoms with Crippen LogP contribution in [-0.2, 0) is 9.59 Å². The molecule has 17 heavy (non-hydrogen) atoms. The highest BCUT2D eigenvalue weighted by atomic mass is 19.3. The van der Waals surface area contributed by atoms with E-state index in [1.807, 2.05) is 5.32 Å². The topological polar surface area (TPSA) is 58.2 Å². The smallest absolute Gasteiger partial charge is 0.315 e. The van der Waals surface area contributed by atoms with Gasteiger partial charge in [-0.15, -0.1) is 0 Å². The van der Waals surface area contributed by atoms with Crippen LogP contribution >= 0.6 is 0 Å². The Bertz CT molecular complexity index is 449. The molecule has 2 N–H and O–H groups in total. The molecule has 0 aromatic heterocycles. The van der Waals surface area contributed by atoms with Crippen LogP contribution in [0, 0.1) is 5.82 Å². The SMILES string of the molecule is CC(=O)Nc1cc(NC(=O)C(F)F)ccc1F. The van der Waals surface area contributed by atoms with Crippen molar-refractivity contribution >= 4 is 23.2 Å². The highest BCUT2D eigenvalue weighted by Crippen LogP contribution is 2.20. The molecule has 4 nitrogen and oxygen atoms in total. The molecule has 1 aromatic rings. The van der Waals surface area contributed by atoms with Gasteiger partial charge in [-0.1, -0.05) is 0 Å². The van der Waals surface area contributed by atoms with Gasteiger partial charge in [-0.2, -0.15) is 8.78 Å². The lowest BCUT2D eigenvalue weighted by molar-refractivity contribution is -0.126. The Hall–Kier alpha value is -2.05. The summed E-state index contributed by atoms with van der Waals surface area (Å²) in [6, 6.07) is 3.12. The Balaban J connectivity index is 2.88. The Morgan fingerprint density at radius 1 is 1.24 bits per heavy atom. The minimum Gasteiger partial charge on any atom is -0.324 e. The van der Waals surface area contributed by atoms with Crippen molar-refractivity contribution in [3.05, 3.63) is 24.0 Å². The number of alkyl halides is 2. The van der Waals surface area contributed by atoms with Crippen LogP contribution in [0.4, 0.5) is 24.5 Å². The molecule has 2 amide bonds. The number of amides is 2. The number of anilines is 2. The summed E-state index contributed by atoms with van der Waals surface area (Å²) in [5.41, 5.74) is -0.218. The molecule has 1 rings (SSSR count). The highest BCUT2D eigenvalue weighted by molar-refractivity contribution is 5.94. The van der Waals surface area contributed by atoms with E-state index in [0.29, 0.717) is 0 Å². The normalized spacial score (nSPS) is 10.2. The third-order valence-corrected chi connectivity index (χ3v) is 1.74. The Morgan fingerprint density at radius 3 is 2.41 bits per heavy atom. The summed E-state index contributed by atoms with van der Waals surface area (Å²) in [5, 5.41) is 4.04. The van der Waals surface area contributed by atoms with Gasteiger partial charge in [-0.25, -0.2) is 4.39 Å². The number of rotatable bonds is 3. The molecule has 0 unspecified atom stereocenters. The maximum Gasteiger partial charge on any atom is 0.315 e. The molecule has 0 bridgehead atoms. The van der Waals surface area contributed by atoms with E-state index in [2.05, 4.69) is 5.32 Å². The van der Waals surface area contributed by atoms with E-state index in [9.17, 15) is 22.8 Å². The monoisotopic (exact) mass is 246 g/mol. The predicted octanol–water partition coefficient (Wildman–Crippen LogP) is 1.99. The van der Waals surface area contributed by atoms with Crippen molar-refractivity contribution in [3.63, 3.8) is 0 Å². The summed E-state index contributed by atoms with van der Waals surface area (Å²) in [6.07, 6.45) is -3.16. The fraction of sp³-hybridized carbons (Fsp3) is 0.200. The molecule has 0 spiro atoms. The van der Waals surface area contributed by atoms with E-state index in [-0.39, 0.29) is 11.4 Å². The Kier molecular flexibility index (Phi) is 4.08. The number of hydrogen-bond acceptors (Lipinski definition) is 2. The number of halogens is 3. The van der Waals surface area contributed by atoms with E-state index >= 15 is 0 Å². The van der Waals surface area contributed by atoms with E-state index < -0.39 is 24.1 Å². The van der Waals surface area contributed by atoms with E-state index in [0.717, 1.165) is 18.2 Å². The van der Waals surface area contributed by atoms with Gasteiger partial charge in [0.1, 0.15) is 5.82 Å². The van der Waals surface area contributed by atoms with Crippen LogP contribution in [0.2, 0.25) is 0 Å². The molecule has 0 aliphatic heterocycles. The van der Waals surface area contributed by atoms with Crippen molar-refractivity contribution in [2.45, 2.75) is 13.3 Å². The molecular formula is C10H9F3N2O2. The van der Waals surface area contributed by atoms with Crippen LogP contribution in [0.25, 0.3) is 0 Å². The molecule has 0 atom stereocenters. The number of carbonyl (C=O) groups excluding carboxylic acids is 2. The average molecular weight is 246 g/mol. The van der Waals surface area contributed by atoms with E-state index in [1.165, 1.54) is 6.92 Å². The third-order valence-electron chi connectivity index (χ3n) is 1.74. The number of hydrogen-bond donors (Lipinski definition) is 2. The maximum atomic E-state index is 13.2. The van der Waals surface area contributed by atoms with E-state index in [1.54, 1.807) is 0 Å². The molecule has 0 aliphatic rings. The third kappa shape index (κ3) is 3.78. The van der Waals surface area contributed by atoms with Crippen LogP contribution in [-0.4, -0.2) is 18.2 Å². The van der Waals surface area contributed by atoms with Gasteiger partial charge in [0, 0.05) is 12.6 Å². The van der Waals surface area contributed by atoms with Crippen LogP contribution in [0.1, 0.15) is 6.92 Å². The van der Waals surface area contributed by atoms with Crippen LogP contribution in [0.5, 0.6) is 0 Å². The van der Waals surface area contributed by atoms with Gasteiger partial charge < -0.3 is 10.6 Å². The van der Waals surface area contributed by atoms with Gasteiger partial charge >= 0.3 is 6.43 Å². The largest absolute Gasteiger partial charge is 0.324 e. The second-order valence-electron chi connectivity index (χ2n) is 3.17. The quantitative estimate of drug-likeness (QED) is 0.856. The molecule has 0 fully saturated rings. The molecule has 7 heteroatoms. The molecular weight excluding hydrogens is 237 g/mol. The Morgan fingerprint density at radius 2 is 1.88 bits per heavy atom. The first-order valence-corrected chi connectivity index (χ1v) is 4.56. The van der Waals surface area contributed by atoms with Crippen molar-refractivity contribution in [2.75, 3.05) is 10.6 Å². The molecule has 0 heterocycles. The zero-order chi connectivity index (χ0) is 13.0. The first kappa shape index (κ1) is 13.0. The summed E-state index contributed by atoms with van der Waals surface area (Å²) in [7, 11) is 0. The van der Waals surface area contributed by atoms with Crippen molar-refractivity contribution in [2.24, 2.45) is 0 Å². The summed E-state index contributed by atoms with van der Waals surface area (Å²) in [5.74, 6) is -2.73. The summed E-state index contributed by atoms with van der Waals surface area (Å²) >= 11 is 0. The lowest BCUT2D eigenvalue weighted by Gasteiger charge is -2.08. The second-order valence-corrected chi connectivity index (χ2v) is 3.17. The number of benzene rings is 1. The summed E-state index contributed by atoms with van der Waals surface area (Å²) in [6.45, 7) is 1.17. The van der Waals surface area contributed by atoms with Gasteiger partial charge in [-0.3, -0.25) is 9.59 Å². The summed E-state index contributed by atoms with van der Waals surface area (Å²) in [4.78, 5) is 21.4. The first-order valence-electron chi connectivity index (χ1n) is 4.56. The minimum absolute atomic E-state index is 0.0274. The molecule has 1 aromatic carbocycles. The zero-order valence-corrected chi connectivity index (χ0v) is 8.76. The molecule has 0 saturated heterocycles. The van der Waals surface area contributed by atoms with Crippen LogP contribution in [0.3, 0.4) is 0 Å². The molecule has 0 aliphatic carbocycles.